The van der Waals surface area contributed by atoms with Crippen LogP contribution in [0.5, 0.6) is 5.88 Å². The van der Waals surface area contributed by atoms with Crippen molar-refractivity contribution in [1.29, 1.82) is 0 Å². The summed E-state index contributed by atoms with van der Waals surface area (Å²) in [5, 5.41) is 19.7. The van der Waals surface area contributed by atoms with Crippen molar-refractivity contribution in [3.05, 3.63) is 29.8 Å². The molecule has 2 aromatic rings. The van der Waals surface area contributed by atoms with Gasteiger partial charge in [-0.2, -0.15) is 5.10 Å². The van der Waals surface area contributed by atoms with Gasteiger partial charge < -0.3 is 20.1 Å². The van der Waals surface area contributed by atoms with Gasteiger partial charge in [0, 0.05) is 29.8 Å². The third kappa shape index (κ3) is 4.95. The van der Waals surface area contributed by atoms with E-state index < -0.39 is 6.09 Å². The van der Waals surface area contributed by atoms with E-state index in [2.05, 4.69) is 25.5 Å². The zero-order chi connectivity index (χ0) is 22.0. The normalized spacial score (nSPS) is 21.5. The van der Waals surface area contributed by atoms with Crippen LogP contribution in [0.2, 0.25) is 0 Å². The van der Waals surface area contributed by atoms with Crippen LogP contribution in [0.3, 0.4) is 0 Å². The number of anilines is 1. The maximum atomic E-state index is 12.3. The summed E-state index contributed by atoms with van der Waals surface area (Å²) in [5.41, 5.74) is 1.46. The Hall–Kier alpha value is -3.17. The number of carbonyl (C=O) groups is 2. The topological polar surface area (TPSA) is 133 Å². The second kappa shape index (κ2) is 8.91. The summed E-state index contributed by atoms with van der Waals surface area (Å²) in [5.74, 6) is 1.30. The Labute approximate surface area is 180 Å². The Kier molecular flexibility index (Phi) is 6.06. The van der Waals surface area contributed by atoms with Crippen molar-refractivity contribution in [2.24, 2.45) is 5.92 Å². The van der Waals surface area contributed by atoms with E-state index in [-0.39, 0.29) is 30.3 Å². The molecule has 0 aliphatic heterocycles. The van der Waals surface area contributed by atoms with Gasteiger partial charge >= 0.3 is 6.09 Å². The van der Waals surface area contributed by atoms with Gasteiger partial charge in [0.05, 0.1) is 31.6 Å². The monoisotopic (exact) mass is 428 g/mol. The molecule has 2 saturated carbocycles. The van der Waals surface area contributed by atoms with Crippen molar-refractivity contribution >= 4 is 17.8 Å². The molecule has 0 bridgehead atoms. The first-order valence-electron chi connectivity index (χ1n) is 10.7. The number of ether oxygens (including phenoxy) is 1. The first kappa shape index (κ1) is 21.1. The van der Waals surface area contributed by atoms with Crippen LogP contribution in [-0.4, -0.2) is 61.4 Å². The Bertz CT molecular complexity index is 926. The van der Waals surface area contributed by atoms with Crippen molar-refractivity contribution in [2.45, 2.75) is 63.5 Å². The minimum atomic E-state index is -0.829. The lowest BCUT2D eigenvalue weighted by Crippen LogP contribution is -2.45. The Morgan fingerprint density at radius 2 is 2.10 bits per heavy atom. The molecule has 0 aromatic carbocycles. The van der Waals surface area contributed by atoms with Crippen LogP contribution < -0.4 is 10.1 Å². The summed E-state index contributed by atoms with van der Waals surface area (Å²) in [6.45, 7) is 2.02. The lowest BCUT2D eigenvalue weighted by Gasteiger charge is -2.32. The number of rotatable bonds is 8. The SMILES string of the molecule is COc1cnc(CC(=O)Nc2cc([C@H]3CC[C@@H](N(C(=O)O)[C@H](C)C4CC4)C3)[nH]n2)cn1. The number of aromatic nitrogens is 4. The second-order valence-corrected chi connectivity index (χ2v) is 8.42. The summed E-state index contributed by atoms with van der Waals surface area (Å²) in [6, 6.07) is 1.92. The third-order valence-corrected chi connectivity index (χ3v) is 6.30. The van der Waals surface area contributed by atoms with Gasteiger partial charge in [0.25, 0.3) is 0 Å². The number of nitrogens with one attached hydrogen (secondary N) is 2. The number of carboxylic acid groups (broad SMARTS) is 1. The van der Waals surface area contributed by atoms with Gasteiger partial charge in [-0.1, -0.05) is 0 Å². The number of H-pyrrole nitrogens is 1. The van der Waals surface area contributed by atoms with Crippen LogP contribution in [-0.2, 0) is 11.2 Å². The molecule has 3 N–H and O–H groups in total. The summed E-state index contributed by atoms with van der Waals surface area (Å²) in [4.78, 5) is 34.0. The van der Waals surface area contributed by atoms with Gasteiger partial charge in [0.15, 0.2) is 5.82 Å². The fraction of sp³-hybridized carbons (Fsp3) is 0.571. The fourth-order valence-corrected chi connectivity index (χ4v) is 4.46. The second-order valence-electron chi connectivity index (χ2n) is 8.42. The van der Waals surface area contributed by atoms with Gasteiger partial charge in [-0.25, -0.2) is 9.78 Å². The quantitative estimate of drug-likeness (QED) is 0.589. The minimum absolute atomic E-state index is 0.0214. The average Bonchev–Trinajstić information content (AvgIpc) is 3.32. The molecule has 10 heteroatoms. The van der Waals surface area contributed by atoms with Crippen LogP contribution in [0.4, 0.5) is 10.6 Å². The summed E-state index contributed by atoms with van der Waals surface area (Å²) in [6.07, 6.45) is 6.95. The zero-order valence-corrected chi connectivity index (χ0v) is 17.7. The van der Waals surface area contributed by atoms with Crippen LogP contribution in [0.25, 0.3) is 0 Å². The van der Waals surface area contributed by atoms with Crippen molar-refractivity contribution < 1.29 is 19.4 Å². The number of methoxy groups -OCH3 is 1. The highest BCUT2D eigenvalue weighted by Crippen LogP contribution is 2.41. The van der Waals surface area contributed by atoms with E-state index in [0.717, 1.165) is 37.8 Å². The van der Waals surface area contributed by atoms with Gasteiger partial charge in [-0.05, 0) is 44.9 Å². The van der Waals surface area contributed by atoms with Gasteiger partial charge in [-0.15, -0.1) is 0 Å². The van der Waals surface area contributed by atoms with Gasteiger partial charge in [0.1, 0.15) is 0 Å². The molecule has 3 atom stereocenters. The Morgan fingerprint density at radius 1 is 1.29 bits per heavy atom. The summed E-state index contributed by atoms with van der Waals surface area (Å²) in [7, 11) is 1.50. The van der Waals surface area contributed by atoms with Crippen LogP contribution in [0.15, 0.2) is 18.5 Å². The zero-order valence-electron chi connectivity index (χ0n) is 17.7. The molecule has 0 saturated heterocycles. The maximum Gasteiger partial charge on any atom is 0.407 e. The highest BCUT2D eigenvalue weighted by Gasteiger charge is 2.41. The molecule has 31 heavy (non-hydrogen) atoms. The number of nitrogens with zero attached hydrogens (tertiary/aromatic N) is 4. The van der Waals surface area contributed by atoms with E-state index in [0.29, 0.717) is 23.3 Å². The molecular formula is C21H28N6O4. The first-order chi connectivity index (χ1) is 14.9. The molecule has 0 spiro atoms. The predicted octanol–water partition coefficient (Wildman–Crippen LogP) is 2.80. The van der Waals surface area contributed by atoms with E-state index >= 15 is 0 Å². The highest BCUT2D eigenvalue weighted by atomic mass is 16.5. The highest BCUT2D eigenvalue weighted by molar-refractivity contribution is 5.91. The van der Waals surface area contributed by atoms with Crippen LogP contribution in [0, 0.1) is 5.92 Å². The first-order valence-corrected chi connectivity index (χ1v) is 10.7. The molecule has 2 aliphatic carbocycles. The van der Waals surface area contributed by atoms with Crippen molar-refractivity contribution in [3.63, 3.8) is 0 Å². The standard InChI is InChI=1S/C21H28N6O4/c1-12(13-3-4-13)27(21(29)30)16-6-5-14(7-16)17-9-18(26-25-17)24-19(28)8-15-10-23-20(31-2)11-22-15/h9-14,16H,3-8H2,1-2H3,(H,29,30)(H2,24,25,26,28)/t12-,14+,16-/m1/s1. The van der Waals surface area contributed by atoms with E-state index in [1.807, 2.05) is 13.0 Å². The molecule has 2 amide bonds. The third-order valence-electron chi connectivity index (χ3n) is 6.30. The van der Waals surface area contributed by atoms with E-state index in [1.54, 1.807) is 4.90 Å². The number of aromatic amines is 1. The fourth-order valence-electron chi connectivity index (χ4n) is 4.46. The van der Waals surface area contributed by atoms with E-state index in [9.17, 15) is 14.7 Å². The Balaban J connectivity index is 1.33. The molecule has 2 aliphatic rings. The van der Waals surface area contributed by atoms with Gasteiger partial charge in [0.2, 0.25) is 11.8 Å². The molecule has 2 fully saturated rings. The number of hydrogen-bond acceptors (Lipinski definition) is 6. The molecule has 4 rings (SSSR count). The molecule has 2 aromatic heterocycles. The molecule has 0 radical (unpaired) electrons. The molecule has 10 nitrogen and oxygen atoms in total. The smallest absolute Gasteiger partial charge is 0.407 e. The summed E-state index contributed by atoms with van der Waals surface area (Å²) >= 11 is 0. The average molecular weight is 428 g/mol. The largest absolute Gasteiger partial charge is 0.480 e. The van der Waals surface area contributed by atoms with Crippen LogP contribution >= 0.6 is 0 Å². The van der Waals surface area contributed by atoms with Crippen molar-refractivity contribution in [2.75, 3.05) is 12.4 Å². The Morgan fingerprint density at radius 3 is 2.74 bits per heavy atom. The van der Waals surface area contributed by atoms with E-state index in [4.69, 9.17) is 4.74 Å². The predicted molar refractivity (Wildman–Crippen MR) is 112 cm³/mol. The van der Waals surface area contributed by atoms with Crippen molar-refractivity contribution in [1.82, 2.24) is 25.1 Å². The number of carbonyl (C=O) groups excluding carboxylic acids is 1. The van der Waals surface area contributed by atoms with Gasteiger partial charge in [-0.3, -0.25) is 14.9 Å². The number of amides is 2. The minimum Gasteiger partial charge on any atom is -0.480 e. The lowest BCUT2D eigenvalue weighted by molar-refractivity contribution is -0.115. The summed E-state index contributed by atoms with van der Waals surface area (Å²) < 4.78 is 4.96. The van der Waals surface area contributed by atoms with Crippen molar-refractivity contribution in [3.8, 4) is 5.88 Å². The van der Waals surface area contributed by atoms with Crippen LogP contribution in [0.1, 0.15) is 56.3 Å². The molecular weight excluding hydrogens is 400 g/mol. The molecule has 2 heterocycles. The number of hydrogen-bond donors (Lipinski definition) is 3. The molecule has 0 unspecified atom stereocenters. The van der Waals surface area contributed by atoms with E-state index in [1.165, 1.54) is 19.5 Å². The molecule has 166 valence electrons. The maximum absolute atomic E-state index is 12.3. The lowest BCUT2D eigenvalue weighted by atomic mass is 10.0.